The summed E-state index contributed by atoms with van der Waals surface area (Å²) in [6.45, 7) is 2.69. The highest BCUT2D eigenvalue weighted by Crippen LogP contribution is 2.20. The number of hydrogen-bond donors (Lipinski definition) is 2. The number of carbonyl (C=O) groups is 2. The maximum atomic E-state index is 12.4. The molecule has 0 unspecified atom stereocenters. The normalized spacial score (nSPS) is 17.2. The largest absolute Gasteiger partial charge is 0.353 e. The topological polar surface area (TPSA) is 79.3 Å². The number of piperazine rings is 1. The minimum absolute atomic E-state index is 0.132. The highest BCUT2D eigenvalue weighted by Gasteiger charge is 2.29. The molecule has 3 amide bonds. The monoisotopic (exact) mass is 349 g/mol. The van der Waals surface area contributed by atoms with E-state index < -0.39 is 6.04 Å². The van der Waals surface area contributed by atoms with Gasteiger partial charge in [0.25, 0.3) is 0 Å². The number of urea groups is 1. The van der Waals surface area contributed by atoms with Crippen molar-refractivity contribution >= 4 is 28.5 Å². The molecule has 1 fully saturated rings. The van der Waals surface area contributed by atoms with Gasteiger partial charge in [0.1, 0.15) is 6.04 Å². The second-order valence-electron chi connectivity index (χ2n) is 6.25. The van der Waals surface area contributed by atoms with Gasteiger partial charge in [0.15, 0.2) is 0 Å². The molecule has 2 heterocycles. The quantitative estimate of drug-likeness (QED) is 0.745. The summed E-state index contributed by atoms with van der Waals surface area (Å²) >= 11 is 0. The second kappa shape index (κ2) is 6.51. The Balaban J connectivity index is 1.51. The van der Waals surface area contributed by atoms with Gasteiger partial charge >= 0.3 is 6.03 Å². The molecule has 3 aromatic rings. The van der Waals surface area contributed by atoms with E-state index in [1.807, 2.05) is 59.4 Å². The van der Waals surface area contributed by atoms with Crippen molar-refractivity contribution in [3.63, 3.8) is 0 Å². The predicted octanol–water partition coefficient (Wildman–Crippen LogP) is 2.38. The van der Waals surface area contributed by atoms with Crippen molar-refractivity contribution in [2.24, 2.45) is 0 Å². The fraction of sp³-hybridized carbons (Fsp3) is 0.211. The van der Waals surface area contributed by atoms with Crippen LogP contribution in [0.15, 0.2) is 54.7 Å². The van der Waals surface area contributed by atoms with Crippen LogP contribution in [-0.4, -0.2) is 45.8 Å². The van der Waals surface area contributed by atoms with Gasteiger partial charge in [-0.05, 0) is 37.3 Å². The highest BCUT2D eigenvalue weighted by molar-refractivity contribution is 5.94. The molecule has 0 bridgehead atoms. The molecule has 2 aromatic carbocycles. The van der Waals surface area contributed by atoms with Crippen molar-refractivity contribution in [2.45, 2.75) is 13.0 Å². The van der Waals surface area contributed by atoms with Crippen LogP contribution in [0.1, 0.15) is 6.92 Å². The van der Waals surface area contributed by atoms with E-state index in [1.165, 1.54) is 4.90 Å². The number of nitrogens with one attached hydrogen (secondary N) is 2. The number of benzene rings is 2. The van der Waals surface area contributed by atoms with Gasteiger partial charge in [0.05, 0.1) is 17.4 Å². The van der Waals surface area contributed by atoms with Crippen LogP contribution in [0, 0.1) is 0 Å². The van der Waals surface area contributed by atoms with Crippen LogP contribution in [0.5, 0.6) is 0 Å². The number of para-hydroxylation sites is 1. The molecule has 2 N–H and O–H groups in total. The summed E-state index contributed by atoms with van der Waals surface area (Å²) in [5.41, 5.74) is 2.61. The Kier molecular flexibility index (Phi) is 4.04. The van der Waals surface area contributed by atoms with E-state index in [0.717, 1.165) is 16.6 Å². The van der Waals surface area contributed by atoms with Gasteiger partial charge in [-0.3, -0.25) is 4.79 Å². The summed E-state index contributed by atoms with van der Waals surface area (Å²) in [7, 11) is 0. The Bertz CT molecular complexity index is 963. The first-order chi connectivity index (χ1) is 12.6. The number of hydrogen-bond acceptors (Lipinski definition) is 3. The van der Waals surface area contributed by atoms with Crippen LogP contribution in [0.3, 0.4) is 0 Å². The molecule has 1 aliphatic heterocycles. The lowest BCUT2D eigenvalue weighted by atomic mass is 10.2. The standard InChI is InChI=1S/C19H19N5O2/c1-13-18(25)20-10-11-23(13)19(26)22-15-6-8-16(9-7-15)24-17-5-3-2-4-14(17)12-21-24/h2-9,12-13H,10-11H2,1H3,(H,20,25)(H,22,26)/t13-/m0/s1. The lowest BCUT2D eigenvalue weighted by molar-refractivity contribution is -0.126. The number of carbonyl (C=O) groups excluding carboxylic acids is 2. The third-order valence-corrected chi connectivity index (χ3v) is 4.60. The van der Waals surface area contributed by atoms with Crippen LogP contribution < -0.4 is 10.6 Å². The third-order valence-electron chi connectivity index (χ3n) is 4.60. The van der Waals surface area contributed by atoms with E-state index in [2.05, 4.69) is 15.7 Å². The van der Waals surface area contributed by atoms with E-state index in [1.54, 1.807) is 6.92 Å². The molecule has 0 saturated carbocycles. The fourth-order valence-electron chi connectivity index (χ4n) is 3.12. The van der Waals surface area contributed by atoms with Crippen molar-refractivity contribution in [3.05, 3.63) is 54.7 Å². The molecule has 1 saturated heterocycles. The molecule has 0 aliphatic carbocycles. The van der Waals surface area contributed by atoms with E-state index in [-0.39, 0.29) is 11.9 Å². The van der Waals surface area contributed by atoms with E-state index in [0.29, 0.717) is 18.8 Å². The first-order valence-corrected chi connectivity index (χ1v) is 8.52. The van der Waals surface area contributed by atoms with Gasteiger partial charge in [0, 0.05) is 24.2 Å². The summed E-state index contributed by atoms with van der Waals surface area (Å²) in [5, 5.41) is 11.1. The Hall–Kier alpha value is -3.35. The Morgan fingerprint density at radius 3 is 2.77 bits per heavy atom. The van der Waals surface area contributed by atoms with Gasteiger partial charge < -0.3 is 15.5 Å². The highest BCUT2D eigenvalue weighted by atomic mass is 16.2. The van der Waals surface area contributed by atoms with Crippen LogP contribution in [-0.2, 0) is 4.79 Å². The van der Waals surface area contributed by atoms with E-state index >= 15 is 0 Å². The average molecular weight is 349 g/mol. The number of rotatable bonds is 2. The summed E-state index contributed by atoms with van der Waals surface area (Å²) in [6.07, 6.45) is 1.83. The van der Waals surface area contributed by atoms with E-state index in [4.69, 9.17) is 0 Å². The van der Waals surface area contributed by atoms with Crippen LogP contribution >= 0.6 is 0 Å². The zero-order chi connectivity index (χ0) is 18.1. The molecule has 1 aliphatic rings. The number of amides is 3. The van der Waals surface area contributed by atoms with Crippen molar-refractivity contribution in [1.29, 1.82) is 0 Å². The van der Waals surface area contributed by atoms with Gasteiger partial charge in [0.2, 0.25) is 5.91 Å². The zero-order valence-electron chi connectivity index (χ0n) is 14.3. The van der Waals surface area contributed by atoms with Crippen molar-refractivity contribution in [3.8, 4) is 5.69 Å². The Morgan fingerprint density at radius 2 is 1.96 bits per heavy atom. The number of aromatic nitrogens is 2. The van der Waals surface area contributed by atoms with Crippen LogP contribution in [0.25, 0.3) is 16.6 Å². The van der Waals surface area contributed by atoms with Crippen LogP contribution in [0.4, 0.5) is 10.5 Å². The minimum Gasteiger partial charge on any atom is -0.353 e. The molecule has 1 aromatic heterocycles. The summed E-state index contributed by atoms with van der Waals surface area (Å²) in [4.78, 5) is 25.7. The lowest BCUT2D eigenvalue weighted by Gasteiger charge is -2.32. The van der Waals surface area contributed by atoms with Crippen molar-refractivity contribution in [2.75, 3.05) is 18.4 Å². The summed E-state index contributed by atoms with van der Waals surface area (Å²) in [6, 6.07) is 14.7. The SMILES string of the molecule is C[C@H]1C(=O)NCCN1C(=O)Nc1ccc(-n2ncc3ccccc32)cc1. The summed E-state index contributed by atoms with van der Waals surface area (Å²) < 4.78 is 1.86. The summed E-state index contributed by atoms with van der Waals surface area (Å²) in [5.74, 6) is -0.132. The molecule has 7 heteroatoms. The van der Waals surface area contributed by atoms with Gasteiger partial charge in [-0.15, -0.1) is 0 Å². The molecular formula is C19H19N5O2. The second-order valence-corrected chi connectivity index (χ2v) is 6.25. The van der Waals surface area contributed by atoms with Crippen molar-refractivity contribution < 1.29 is 9.59 Å². The Morgan fingerprint density at radius 1 is 1.19 bits per heavy atom. The maximum absolute atomic E-state index is 12.4. The Labute approximate surface area is 150 Å². The third kappa shape index (κ3) is 2.88. The predicted molar refractivity (Wildman–Crippen MR) is 99.3 cm³/mol. The number of anilines is 1. The van der Waals surface area contributed by atoms with E-state index in [9.17, 15) is 9.59 Å². The van der Waals surface area contributed by atoms with Gasteiger partial charge in [-0.25, -0.2) is 9.48 Å². The first-order valence-electron chi connectivity index (χ1n) is 8.52. The molecule has 132 valence electrons. The van der Waals surface area contributed by atoms with Crippen LogP contribution in [0.2, 0.25) is 0 Å². The number of nitrogens with zero attached hydrogens (tertiary/aromatic N) is 3. The fourth-order valence-corrected chi connectivity index (χ4v) is 3.12. The molecule has 1 atom stereocenters. The maximum Gasteiger partial charge on any atom is 0.322 e. The van der Waals surface area contributed by atoms with Gasteiger partial charge in [-0.1, -0.05) is 18.2 Å². The smallest absolute Gasteiger partial charge is 0.322 e. The minimum atomic E-state index is -0.474. The molecular weight excluding hydrogens is 330 g/mol. The molecule has 4 rings (SSSR count). The number of fused-ring (bicyclic) bond motifs is 1. The molecule has 7 nitrogen and oxygen atoms in total. The lowest BCUT2D eigenvalue weighted by Crippen LogP contribution is -2.56. The molecule has 0 radical (unpaired) electrons. The average Bonchev–Trinajstić information content (AvgIpc) is 3.09. The van der Waals surface area contributed by atoms with Gasteiger partial charge in [-0.2, -0.15) is 5.10 Å². The zero-order valence-corrected chi connectivity index (χ0v) is 14.3. The first kappa shape index (κ1) is 16.1. The van der Waals surface area contributed by atoms with Crippen molar-refractivity contribution in [1.82, 2.24) is 20.0 Å². The molecule has 26 heavy (non-hydrogen) atoms. The molecule has 0 spiro atoms.